The van der Waals surface area contributed by atoms with E-state index in [1.807, 2.05) is 0 Å². The van der Waals surface area contributed by atoms with Crippen LogP contribution in [0, 0.1) is 0 Å². The molecule has 1 aromatic carbocycles. The van der Waals surface area contributed by atoms with E-state index in [2.05, 4.69) is 28.8 Å². The summed E-state index contributed by atoms with van der Waals surface area (Å²) in [6, 6.07) is 4.98. The normalized spacial score (nSPS) is 11.7. The lowest BCUT2D eigenvalue weighted by molar-refractivity contribution is -0.137. The largest absolute Gasteiger partial charge is 0.416 e. The Morgan fingerprint density at radius 1 is 0.792 bits per heavy atom. The Kier molecular flexibility index (Phi) is 6.29. The first-order valence-electron chi connectivity index (χ1n) is 8.35. The van der Waals surface area contributed by atoms with Gasteiger partial charge in [-0.15, -0.1) is 0 Å². The molecule has 0 bridgehead atoms. The highest BCUT2D eigenvalue weighted by Crippen LogP contribution is 2.30. The van der Waals surface area contributed by atoms with E-state index in [9.17, 15) is 13.2 Å². The Hall–Kier alpha value is -1.98. The van der Waals surface area contributed by atoms with Crippen molar-refractivity contribution in [2.24, 2.45) is 0 Å². The van der Waals surface area contributed by atoms with Crippen molar-refractivity contribution in [2.45, 2.75) is 58.5 Å². The number of hydrogen-bond donors (Lipinski definition) is 0. The molecule has 1 heterocycles. The highest BCUT2D eigenvalue weighted by Gasteiger charge is 2.30. The molecule has 0 saturated heterocycles. The van der Waals surface area contributed by atoms with Crippen molar-refractivity contribution in [3.63, 3.8) is 0 Å². The standard InChI is InChI=1S/C18H22F3N3/c1-3-5-7-15-22-16(8-6-4-2)24-17(23-15)13-9-11-14(12-10-13)18(19,20)21/h9-12H,3-8H2,1-2H3. The minimum absolute atomic E-state index is 0.455. The molecule has 0 spiro atoms. The second-order valence-electron chi connectivity index (χ2n) is 5.77. The van der Waals surface area contributed by atoms with Crippen LogP contribution in [0.4, 0.5) is 13.2 Å². The molecule has 130 valence electrons. The number of nitrogens with zero attached hydrogens (tertiary/aromatic N) is 3. The van der Waals surface area contributed by atoms with E-state index in [4.69, 9.17) is 0 Å². The van der Waals surface area contributed by atoms with Gasteiger partial charge < -0.3 is 0 Å². The predicted molar refractivity (Wildman–Crippen MR) is 87.5 cm³/mol. The van der Waals surface area contributed by atoms with Crippen LogP contribution in [0.15, 0.2) is 24.3 Å². The Balaban J connectivity index is 2.32. The van der Waals surface area contributed by atoms with Crippen molar-refractivity contribution in [2.75, 3.05) is 0 Å². The zero-order valence-electron chi connectivity index (χ0n) is 14.0. The van der Waals surface area contributed by atoms with Gasteiger partial charge in [0, 0.05) is 18.4 Å². The molecule has 2 rings (SSSR count). The van der Waals surface area contributed by atoms with E-state index in [1.54, 1.807) is 0 Å². The lowest BCUT2D eigenvalue weighted by atomic mass is 10.1. The van der Waals surface area contributed by atoms with Crippen molar-refractivity contribution in [1.82, 2.24) is 15.0 Å². The highest BCUT2D eigenvalue weighted by atomic mass is 19.4. The first-order chi connectivity index (χ1) is 11.4. The van der Waals surface area contributed by atoms with Gasteiger partial charge in [-0.3, -0.25) is 0 Å². The van der Waals surface area contributed by atoms with Crippen LogP contribution >= 0.6 is 0 Å². The molecule has 0 unspecified atom stereocenters. The molecule has 3 nitrogen and oxygen atoms in total. The predicted octanol–water partition coefficient (Wildman–Crippen LogP) is 5.24. The third-order valence-corrected chi connectivity index (χ3v) is 3.71. The summed E-state index contributed by atoms with van der Waals surface area (Å²) >= 11 is 0. The van der Waals surface area contributed by atoms with E-state index in [0.717, 1.165) is 50.7 Å². The molecule has 6 heteroatoms. The van der Waals surface area contributed by atoms with Gasteiger partial charge in [-0.25, -0.2) is 15.0 Å². The molecule has 0 aliphatic carbocycles. The van der Waals surface area contributed by atoms with Crippen LogP contribution in [0.1, 0.15) is 56.7 Å². The van der Waals surface area contributed by atoms with Gasteiger partial charge >= 0.3 is 6.18 Å². The van der Waals surface area contributed by atoms with Crippen molar-refractivity contribution in [1.29, 1.82) is 0 Å². The fraction of sp³-hybridized carbons (Fsp3) is 0.500. The Morgan fingerprint density at radius 3 is 1.71 bits per heavy atom. The summed E-state index contributed by atoms with van der Waals surface area (Å²) in [7, 11) is 0. The molecule has 2 aromatic rings. The number of unbranched alkanes of at least 4 members (excludes halogenated alkanes) is 2. The third-order valence-electron chi connectivity index (χ3n) is 3.71. The lowest BCUT2D eigenvalue weighted by Crippen LogP contribution is -2.07. The molecule has 0 aliphatic rings. The summed E-state index contributed by atoms with van der Waals surface area (Å²) in [5.74, 6) is 1.89. The number of aromatic nitrogens is 3. The van der Waals surface area contributed by atoms with Gasteiger partial charge in [-0.05, 0) is 25.0 Å². The van der Waals surface area contributed by atoms with Gasteiger partial charge in [-0.1, -0.05) is 38.8 Å². The van der Waals surface area contributed by atoms with Gasteiger partial charge in [0.05, 0.1) is 5.56 Å². The van der Waals surface area contributed by atoms with Gasteiger partial charge in [0.15, 0.2) is 5.82 Å². The van der Waals surface area contributed by atoms with Gasteiger partial charge in [0.2, 0.25) is 0 Å². The Morgan fingerprint density at radius 2 is 1.29 bits per heavy atom. The Labute approximate surface area is 140 Å². The molecule has 0 aliphatic heterocycles. The monoisotopic (exact) mass is 337 g/mol. The zero-order valence-corrected chi connectivity index (χ0v) is 14.0. The maximum Gasteiger partial charge on any atom is 0.416 e. The van der Waals surface area contributed by atoms with E-state index < -0.39 is 11.7 Å². The van der Waals surface area contributed by atoms with E-state index in [0.29, 0.717) is 23.0 Å². The minimum atomic E-state index is -4.34. The molecule has 0 amide bonds. The van der Waals surface area contributed by atoms with E-state index in [-0.39, 0.29) is 0 Å². The second kappa shape index (κ2) is 8.22. The number of halogens is 3. The molecule has 0 atom stereocenters. The summed E-state index contributed by atoms with van der Waals surface area (Å²) in [5.41, 5.74) is -0.0846. The fourth-order valence-corrected chi connectivity index (χ4v) is 2.30. The minimum Gasteiger partial charge on any atom is -0.218 e. The van der Waals surface area contributed by atoms with Crippen molar-refractivity contribution in [3.05, 3.63) is 41.5 Å². The number of aryl methyl sites for hydroxylation is 2. The van der Waals surface area contributed by atoms with Crippen LogP contribution in [0.3, 0.4) is 0 Å². The smallest absolute Gasteiger partial charge is 0.218 e. The first kappa shape index (κ1) is 18.4. The van der Waals surface area contributed by atoms with Gasteiger partial charge in [0.25, 0.3) is 0 Å². The average Bonchev–Trinajstić information content (AvgIpc) is 2.57. The van der Waals surface area contributed by atoms with Crippen LogP contribution in [0.5, 0.6) is 0 Å². The molecule has 24 heavy (non-hydrogen) atoms. The lowest BCUT2D eigenvalue weighted by Gasteiger charge is -2.09. The summed E-state index contributed by atoms with van der Waals surface area (Å²) in [4.78, 5) is 13.4. The van der Waals surface area contributed by atoms with Crippen molar-refractivity contribution >= 4 is 0 Å². The van der Waals surface area contributed by atoms with Crippen molar-refractivity contribution < 1.29 is 13.2 Å². The van der Waals surface area contributed by atoms with Crippen LogP contribution < -0.4 is 0 Å². The highest BCUT2D eigenvalue weighted by molar-refractivity contribution is 5.55. The maximum absolute atomic E-state index is 12.7. The Bertz CT molecular complexity index is 625. The fourth-order valence-electron chi connectivity index (χ4n) is 2.30. The number of hydrogen-bond acceptors (Lipinski definition) is 3. The van der Waals surface area contributed by atoms with Crippen LogP contribution in [0.25, 0.3) is 11.4 Å². The van der Waals surface area contributed by atoms with E-state index >= 15 is 0 Å². The molecule has 0 N–H and O–H groups in total. The average molecular weight is 337 g/mol. The van der Waals surface area contributed by atoms with E-state index in [1.165, 1.54) is 12.1 Å². The summed E-state index contributed by atoms with van der Waals surface area (Å²) in [6.07, 6.45) is 1.19. The molecule has 0 radical (unpaired) electrons. The molecular weight excluding hydrogens is 315 g/mol. The SMILES string of the molecule is CCCCc1nc(CCCC)nc(-c2ccc(C(F)(F)F)cc2)n1. The first-order valence-corrected chi connectivity index (χ1v) is 8.35. The van der Waals surface area contributed by atoms with Crippen LogP contribution in [-0.4, -0.2) is 15.0 Å². The third kappa shape index (κ3) is 5.01. The summed E-state index contributed by atoms with van der Waals surface area (Å²) in [6.45, 7) is 4.19. The molecule has 0 fully saturated rings. The number of rotatable bonds is 7. The summed E-state index contributed by atoms with van der Waals surface area (Å²) < 4.78 is 38.1. The molecule has 0 saturated carbocycles. The summed E-state index contributed by atoms with van der Waals surface area (Å²) in [5, 5.41) is 0. The molecule has 1 aromatic heterocycles. The maximum atomic E-state index is 12.7. The quantitative estimate of drug-likeness (QED) is 0.693. The second-order valence-corrected chi connectivity index (χ2v) is 5.77. The number of alkyl halides is 3. The zero-order chi connectivity index (χ0) is 17.6. The topological polar surface area (TPSA) is 38.7 Å². The van der Waals surface area contributed by atoms with Crippen molar-refractivity contribution in [3.8, 4) is 11.4 Å². The van der Waals surface area contributed by atoms with Crippen LogP contribution in [0.2, 0.25) is 0 Å². The molecular formula is C18H22F3N3. The van der Waals surface area contributed by atoms with Gasteiger partial charge in [0.1, 0.15) is 11.6 Å². The van der Waals surface area contributed by atoms with Gasteiger partial charge in [-0.2, -0.15) is 13.2 Å². The number of benzene rings is 1. The van der Waals surface area contributed by atoms with Crippen LogP contribution in [-0.2, 0) is 19.0 Å².